The summed E-state index contributed by atoms with van der Waals surface area (Å²) in [5, 5.41) is 3.00. The molecule has 0 radical (unpaired) electrons. The van der Waals surface area contributed by atoms with E-state index in [2.05, 4.69) is 36.5 Å². The van der Waals surface area contributed by atoms with Gasteiger partial charge >= 0.3 is 0 Å². The zero-order valence-electron chi connectivity index (χ0n) is 15.2. The number of aryl methyl sites for hydroxylation is 3. The average Bonchev–Trinajstić information content (AvgIpc) is 2.64. The van der Waals surface area contributed by atoms with Gasteiger partial charge in [-0.2, -0.15) is 0 Å². The summed E-state index contributed by atoms with van der Waals surface area (Å²) in [6, 6.07) is 14.5. The van der Waals surface area contributed by atoms with Gasteiger partial charge in [-0.3, -0.25) is 4.79 Å². The average molecular weight is 337 g/mol. The molecule has 2 aromatic rings. The van der Waals surface area contributed by atoms with Gasteiger partial charge in [0.2, 0.25) is 0 Å². The van der Waals surface area contributed by atoms with Crippen molar-refractivity contribution in [3.63, 3.8) is 0 Å². The molecule has 3 nitrogen and oxygen atoms in total. The first kappa shape index (κ1) is 17.5. The maximum atomic E-state index is 12.5. The van der Waals surface area contributed by atoms with Gasteiger partial charge in [0.15, 0.2) is 6.10 Å². The van der Waals surface area contributed by atoms with Crippen LogP contribution in [0.1, 0.15) is 48.4 Å². The van der Waals surface area contributed by atoms with E-state index in [-0.39, 0.29) is 5.91 Å². The molecule has 3 rings (SSSR count). The molecule has 0 fully saturated rings. The number of amides is 1. The molecule has 0 saturated heterocycles. The standard InChI is InChI=1S/C22H27NO2/c1-3-21(22(24)23-15-17-8-6-7-16(2)13-17)25-20-12-11-18-9-4-5-10-19(18)14-20/h6-8,11-14,21H,3-5,9-10,15H2,1-2H3,(H,23,24)/t21-/m0/s1. The molecule has 0 saturated carbocycles. The summed E-state index contributed by atoms with van der Waals surface area (Å²) in [6.07, 6.45) is 4.98. The van der Waals surface area contributed by atoms with Gasteiger partial charge in [0.1, 0.15) is 5.75 Å². The lowest BCUT2D eigenvalue weighted by molar-refractivity contribution is -0.128. The molecule has 1 atom stereocenters. The molecule has 25 heavy (non-hydrogen) atoms. The second kappa shape index (κ2) is 8.19. The second-order valence-corrected chi connectivity index (χ2v) is 6.86. The molecule has 1 N–H and O–H groups in total. The van der Waals surface area contributed by atoms with Crippen LogP contribution in [-0.2, 0) is 24.2 Å². The predicted molar refractivity (Wildman–Crippen MR) is 101 cm³/mol. The highest BCUT2D eigenvalue weighted by molar-refractivity contribution is 5.81. The molecule has 0 aromatic heterocycles. The number of hydrogen-bond donors (Lipinski definition) is 1. The Morgan fingerprint density at radius 3 is 2.68 bits per heavy atom. The van der Waals surface area contributed by atoms with E-state index >= 15 is 0 Å². The molecule has 0 spiro atoms. The van der Waals surface area contributed by atoms with Gasteiger partial charge in [-0.1, -0.05) is 42.8 Å². The smallest absolute Gasteiger partial charge is 0.261 e. The molecule has 0 bridgehead atoms. The quantitative estimate of drug-likeness (QED) is 0.851. The maximum Gasteiger partial charge on any atom is 0.261 e. The van der Waals surface area contributed by atoms with Crippen LogP contribution in [0.25, 0.3) is 0 Å². The lowest BCUT2D eigenvalue weighted by atomic mass is 9.92. The van der Waals surface area contributed by atoms with Crippen molar-refractivity contribution in [1.82, 2.24) is 5.32 Å². The summed E-state index contributed by atoms with van der Waals surface area (Å²) in [5.41, 5.74) is 5.11. The van der Waals surface area contributed by atoms with E-state index in [1.165, 1.54) is 29.5 Å². The van der Waals surface area contributed by atoms with Crippen LogP contribution in [0.15, 0.2) is 42.5 Å². The third kappa shape index (κ3) is 4.62. The Bertz CT molecular complexity index is 739. The zero-order chi connectivity index (χ0) is 17.6. The van der Waals surface area contributed by atoms with E-state index in [1.807, 2.05) is 25.1 Å². The summed E-state index contributed by atoms with van der Waals surface area (Å²) in [6.45, 7) is 4.57. The van der Waals surface area contributed by atoms with Crippen molar-refractivity contribution in [2.24, 2.45) is 0 Å². The fourth-order valence-corrected chi connectivity index (χ4v) is 3.39. The Morgan fingerprint density at radius 1 is 1.12 bits per heavy atom. The highest BCUT2D eigenvalue weighted by Crippen LogP contribution is 2.26. The SMILES string of the molecule is CC[C@H](Oc1ccc2c(c1)CCCC2)C(=O)NCc1cccc(C)c1. The Labute approximate surface area is 150 Å². The lowest BCUT2D eigenvalue weighted by Gasteiger charge is -2.20. The number of carbonyl (C=O) groups is 1. The van der Waals surface area contributed by atoms with Crippen LogP contribution in [0.3, 0.4) is 0 Å². The van der Waals surface area contributed by atoms with E-state index in [9.17, 15) is 4.79 Å². The number of carbonyl (C=O) groups excluding carboxylic acids is 1. The molecule has 2 aromatic carbocycles. The normalized spacial score (nSPS) is 14.5. The van der Waals surface area contributed by atoms with Gasteiger partial charge in [0.05, 0.1) is 0 Å². The molecule has 1 amide bonds. The van der Waals surface area contributed by atoms with Gasteiger partial charge < -0.3 is 10.1 Å². The van der Waals surface area contributed by atoms with E-state index in [0.717, 1.165) is 24.2 Å². The molecule has 1 aliphatic rings. The summed E-state index contributed by atoms with van der Waals surface area (Å²) >= 11 is 0. The molecule has 0 heterocycles. The third-order valence-corrected chi connectivity index (χ3v) is 4.81. The number of hydrogen-bond acceptors (Lipinski definition) is 2. The first-order chi connectivity index (χ1) is 12.2. The maximum absolute atomic E-state index is 12.5. The van der Waals surface area contributed by atoms with E-state index in [4.69, 9.17) is 4.74 Å². The van der Waals surface area contributed by atoms with Gasteiger partial charge in [-0.05, 0) is 67.9 Å². The van der Waals surface area contributed by atoms with Crippen LogP contribution < -0.4 is 10.1 Å². The third-order valence-electron chi connectivity index (χ3n) is 4.81. The predicted octanol–water partition coefficient (Wildman–Crippen LogP) is 4.35. The molecule has 1 aliphatic carbocycles. The van der Waals surface area contributed by atoms with Gasteiger partial charge in [-0.15, -0.1) is 0 Å². The highest BCUT2D eigenvalue weighted by atomic mass is 16.5. The van der Waals surface area contributed by atoms with Crippen molar-refractivity contribution in [3.05, 3.63) is 64.7 Å². The molecular weight excluding hydrogens is 310 g/mol. The minimum Gasteiger partial charge on any atom is -0.481 e. The van der Waals surface area contributed by atoms with Crippen LogP contribution >= 0.6 is 0 Å². The number of ether oxygens (including phenoxy) is 1. The minimum absolute atomic E-state index is 0.0540. The summed E-state index contributed by atoms with van der Waals surface area (Å²) < 4.78 is 5.99. The monoisotopic (exact) mass is 337 g/mol. The number of benzene rings is 2. The van der Waals surface area contributed by atoms with Gasteiger partial charge in [-0.25, -0.2) is 0 Å². The van der Waals surface area contributed by atoms with Crippen molar-refractivity contribution < 1.29 is 9.53 Å². The van der Waals surface area contributed by atoms with Crippen molar-refractivity contribution in [2.45, 2.75) is 58.6 Å². The first-order valence-electron chi connectivity index (χ1n) is 9.27. The van der Waals surface area contributed by atoms with Crippen molar-refractivity contribution in [3.8, 4) is 5.75 Å². The Hall–Kier alpha value is -2.29. The lowest BCUT2D eigenvalue weighted by Crippen LogP contribution is -2.37. The van der Waals surface area contributed by atoms with Gasteiger partial charge in [0, 0.05) is 6.54 Å². The van der Waals surface area contributed by atoms with E-state index in [0.29, 0.717) is 13.0 Å². The Balaban J connectivity index is 1.60. The van der Waals surface area contributed by atoms with Gasteiger partial charge in [0.25, 0.3) is 5.91 Å². The highest BCUT2D eigenvalue weighted by Gasteiger charge is 2.19. The Kier molecular flexibility index (Phi) is 5.75. The van der Waals surface area contributed by atoms with Crippen molar-refractivity contribution in [2.75, 3.05) is 0 Å². The zero-order valence-corrected chi connectivity index (χ0v) is 15.2. The Morgan fingerprint density at radius 2 is 1.92 bits per heavy atom. The molecular formula is C22H27NO2. The van der Waals surface area contributed by atoms with Crippen LogP contribution in [0, 0.1) is 6.92 Å². The molecule has 3 heteroatoms. The number of nitrogens with one attached hydrogen (secondary N) is 1. The topological polar surface area (TPSA) is 38.3 Å². The summed E-state index contributed by atoms with van der Waals surface area (Å²) in [5.74, 6) is 0.750. The fourth-order valence-electron chi connectivity index (χ4n) is 3.39. The fraction of sp³-hybridized carbons (Fsp3) is 0.409. The van der Waals surface area contributed by atoms with Crippen LogP contribution in [-0.4, -0.2) is 12.0 Å². The largest absolute Gasteiger partial charge is 0.481 e. The second-order valence-electron chi connectivity index (χ2n) is 6.86. The first-order valence-corrected chi connectivity index (χ1v) is 9.27. The van der Waals surface area contributed by atoms with E-state index < -0.39 is 6.10 Å². The molecule has 0 unspecified atom stereocenters. The van der Waals surface area contributed by atoms with Crippen LogP contribution in [0.2, 0.25) is 0 Å². The van der Waals surface area contributed by atoms with Crippen molar-refractivity contribution in [1.29, 1.82) is 0 Å². The minimum atomic E-state index is -0.452. The molecule has 132 valence electrons. The summed E-state index contributed by atoms with van der Waals surface area (Å²) in [7, 11) is 0. The number of fused-ring (bicyclic) bond motifs is 1. The van der Waals surface area contributed by atoms with Crippen LogP contribution in [0.4, 0.5) is 0 Å². The van der Waals surface area contributed by atoms with Crippen LogP contribution in [0.5, 0.6) is 5.75 Å². The van der Waals surface area contributed by atoms with E-state index in [1.54, 1.807) is 0 Å². The number of rotatable bonds is 6. The summed E-state index contributed by atoms with van der Waals surface area (Å²) in [4.78, 5) is 12.5. The molecule has 0 aliphatic heterocycles. The van der Waals surface area contributed by atoms with Crippen molar-refractivity contribution >= 4 is 5.91 Å².